The zero-order valence-electron chi connectivity index (χ0n) is 27.0. The number of benzene rings is 2. The lowest BCUT2D eigenvalue weighted by atomic mass is 9.91. The normalized spacial score (nSPS) is 13.8. The highest BCUT2D eigenvalue weighted by atomic mass is 19.1. The van der Waals surface area contributed by atoms with Gasteiger partial charge in [-0.05, 0) is 60.6 Å². The molecular formula is C36H46F2N4O5. The van der Waals surface area contributed by atoms with E-state index < -0.39 is 60.1 Å². The first-order chi connectivity index (χ1) is 22.6. The average molecular weight is 653 g/mol. The Balaban J connectivity index is 1.81. The minimum Gasteiger partial charge on any atom is -0.390 e. The van der Waals surface area contributed by atoms with Crippen molar-refractivity contribution in [3.8, 4) is 0 Å². The van der Waals surface area contributed by atoms with Gasteiger partial charge in [0.05, 0.1) is 24.1 Å². The molecule has 254 valence electrons. The molecule has 1 aromatic heterocycles. The van der Waals surface area contributed by atoms with Crippen LogP contribution in [-0.2, 0) is 22.6 Å². The number of nitrogens with one attached hydrogen (secondary N) is 3. The van der Waals surface area contributed by atoms with Crippen LogP contribution in [0.5, 0.6) is 0 Å². The summed E-state index contributed by atoms with van der Waals surface area (Å²) in [5, 5.41) is 30.3. The van der Waals surface area contributed by atoms with Gasteiger partial charge in [0.25, 0.3) is 5.91 Å². The lowest BCUT2D eigenvalue weighted by Crippen LogP contribution is -2.56. The van der Waals surface area contributed by atoms with E-state index in [2.05, 4.69) is 34.8 Å². The molecule has 9 nitrogen and oxygen atoms in total. The first-order valence-electron chi connectivity index (χ1n) is 16.2. The zero-order chi connectivity index (χ0) is 34.2. The Morgan fingerprint density at radius 3 is 2.13 bits per heavy atom. The second kappa shape index (κ2) is 19.4. The summed E-state index contributed by atoms with van der Waals surface area (Å²) in [5.41, 5.74) is 1.22. The van der Waals surface area contributed by atoms with Gasteiger partial charge in [0.1, 0.15) is 23.8 Å². The molecule has 0 saturated carbocycles. The topological polar surface area (TPSA) is 141 Å². The molecule has 5 N–H and O–H groups in total. The molecule has 47 heavy (non-hydrogen) atoms. The monoisotopic (exact) mass is 652 g/mol. The Hall–Kier alpha value is -4.22. The molecule has 0 aliphatic carbocycles. The molecule has 0 spiro atoms. The number of aromatic nitrogens is 1. The van der Waals surface area contributed by atoms with Crippen molar-refractivity contribution >= 4 is 17.7 Å². The summed E-state index contributed by atoms with van der Waals surface area (Å²) in [7, 11) is 0. The number of carbonyl (C=O) groups excluding carboxylic acids is 3. The summed E-state index contributed by atoms with van der Waals surface area (Å²) in [6, 6.07) is 12.8. The minimum absolute atomic E-state index is 0.120. The second-order valence-corrected chi connectivity index (χ2v) is 11.9. The molecule has 2 aromatic carbocycles. The van der Waals surface area contributed by atoms with Crippen LogP contribution in [0.2, 0.25) is 0 Å². The van der Waals surface area contributed by atoms with E-state index >= 15 is 0 Å². The third-order valence-corrected chi connectivity index (χ3v) is 8.04. The molecule has 3 aromatic rings. The summed E-state index contributed by atoms with van der Waals surface area (Å²) < 4.78 is 28.2. The largest absolute Gasteiger partial charge is 0.390 e. The lowest BCUT2D eigenvalue weighted by molar-refractivity contribution is -0.127. The number of nitrogens with zero attached hydrogens (tertiary/aromatic N) is 1. The van der Waals surface area contributed by atoms with Gasteiger partial charge in [0, 0.05) is 25.0 Å². The van der Waals surface area contributed by atoms with Crippen LogP contribution in [0.4, 0.5) is 8.78 Å². The van der Waals surface area contributed by atoms with Gasteiger partial charge in [-0.25, -0.2) is 8.78 Å². The Morgan fingerprint density at radius 2 is 1.51 bits per heavy atom. The van der Waals surface area contributed by atoms with Crippen LogP contribution in [-0.4, -0.2) is 57.2 Å². The summed E-state index contributed by atoms with van der Waals surface area (Å²) in [6.45, 7) is 4.39. The number of pyridine rings is 1. The molecule has 0 bridgehead atoms. The Bertz CT molecular complexity index is 1390. The number of rotatable bonds is 19. The number of aliphatic hydroxyl groups excluding tert-OH is 2. The van der Waals surface area contributed by atoms with Crippen LogP contribution in [0, 0.1) is 17.6 Å². The van der Waals surface area contributed by atoms with E-state index in [1.54, 1.807) is 12.1 Å². The molecular weight excluding hydrogens is 606 g/mol. The Labute approximate surface area is 275 Å². The third-order valence-electron chi connectivity index (χ3n) is 8.04. The highest BCUT2D eigenvalue weighted by molar-refractivity contribution is 5.97. The molecule has 11 heteroatoms. The highest BCUT2D eigenvalue weighted by Crippen LogP contribution is 2.21. The van der Waals surface area contributed by atoms with Crippen LogP contribution in [0.15, 0.2) is 73.1 Å². The quantitative estimate of drug-likeness (QED) is 0.128. The van der Waals surface area contributed by atoms with E-state index in [4.69, 9.17) is 0 Å². The first kappa shape index (κ1) is 37.2. The highest BCUT2D eigenvalue weighted by Gasteiger charge is 2.32. The summed E-state index contributed by atoms with van der Waals surface area (Å²) >= 11 is 0. The van der Waals surface area contributed by atoms with E-state index in [9.17, 15) is 33.4 Å². The minimum atomic E-state index is -1.70. The van der Waals surface area contributed by atoms with Gasteiger partial charge in [0.2, 0.25) is 11.8 Å². The molecule has 0 radical (unpaired) electrons. The van der Waals surface area contributed by atoms with E-state index in [1.807, 2.05) is 30.3 Å². The van der Waals surface area contributed by atoms with Crippen molar-refractivity contribution in [1.29, 1.82) is 0 Å². The number of hydrogen-bond donors (Lipinski definition) is 5. The first-order valence-corrected chi connectivity index (χ1v) is 16.2. The van der Waals surface area contributed by atoms with Gasteiger partial charge in [-0.2, -0.15) is 0 Å². The SMILES string of the molecule is CCCC(CCC)CCC(NC(=O)c1cccnc1)C(=O)N[C@@H](Cc1cc(F)cc(F)c1)[C@@H](O)[C@H](O)CC(=O)NCc1ccccc1. The summed E-state index contributed by atoms with van der Waals surface area (Å²) in [5.74, 6) is -3.05. The number of aliphatic hydroxyl groups is 2. The van der Waals surface area contributed by atoms with Crippen molar-refractivity contribution in [2.45, 2.75) is 96.1 Å². The van der Waals surface area contributed by atoms with Crippen LogP contribution < -0.4 is 16.0 Å². The average Bonchev–Trinajstić information content (AvgIpc) is 3.05. The van der Waals surface area contributed by atoms with E-state index in [0.717, 1.165) is 43.4 Å². The number of halogens is 2. The lowest BCUT2D eigenvalue weighted by Gasteiger charge is -2.30. The number of carbonyl (C=O) groups is 3. The molecule has 0 fully saturated rings. The van der Waals surface area contributed by atoms with Gasteiger partial charge < -0.3 is 26.2 Å². The van der Waals surface area contributed by atoms with Gasteiger partial charge in [-0.15, -0.1) is 0 Å². The maximum absolute atomic E-state index is 14.1. The van der Waals surface area contributed by atoms with Gasteiger partial charge in [-0.3, -0.25) is 19.4 Å². The number of hydrogen-bond acceptors (Lipinski definition) is 6. The summed E-state index contributed by atoms with van der Waals surface area (Å²) in [6.07, 6.45) is 3.64. The van der Waals surface area contributed by atoms with Gasteiger partial charge in [0.15, 0.2) is 0 Å². The third kappa shape index (κ3) is 12.8. The predicted molar refractivity (Wildman–Crippen MR) is 175 cm³/mol. The fourth-order valence-corrected chi connectivity index (χ4v) is 5.63. The molecule has 3 rings (SSSR count). The number of amides is 3. The van der Waals surface area contributed by atoms with Crippen molar-refractivity contribution < 1.29 is 33.4 Å². The fourth-order valence-electron chi connectivity index (χ4n) is 5.63. The summed E-state index contributed by atoms with van der Waals surface area (Å²) in [4.78, 5) is 43.5. The predicted octanol–water partition coefficient (Wildman–Crippen LogP) is 4.61. The van der Waals surface area contributed by atoms with Crippen molar-refractivity contribution in [2.24, 2.45) is 5.92 Å². The fraction of sp³-hybridized carbons (Fsp3) is 0.444. The molecule has 0 aliphatic rings. The second-order valence-electron chi connectivity index (χ2n) is 11.9. The molecule has 0 aliphatic heterocycles. The van der Waals surface area contributed by atoms with Crippen molar-refractivity contribution in [3.05, 3.63) is 101 Å². The zero-order valence-corrected chi connectivity index (χ0v) is 27.0. The van der Waals surface area contributed by atoms with Crippen LogP contribution >= 0.6 is 0 Å². The standard InChI is InChI=1S/C36H46F2N4O5/c1-3-9-24(10-4-2)14-15-30(41-35(46)27-13-8-16-39-23-27)36(47)42-31(19-26-17-28(37)20-29(38)18-26)34(45)32(43)21-33(44)40-22-25-11-6-5-7-12-25/h5-8,11-13,16-18,20,23-24,30-32,34,43,45H,3-4,9-10,14-15,19,21-22H2,1-2H3,(H,40,44)(H,41,46)(H,42,47)/t30?,31-,32+,34+/m0/s1. The Morgan fingerprint density at radius 1 is 0.830 bits per heavy atom. The van der Waals surface area contributed by atoms with Gasteiger partial charge >= 0.3 is 0 Å². The van der Waals surface area contributed by atoms with E-state index in [-0.39, 0.29) is 24.1 Å². The van der Waals surface area contributed by atoms with Gasteiger partial charge in [-0.1, -0.05) is 69.9 Å². The van der Waals surface area contributed by atoms with Crippen LogP contribution in [0.25, 0.3) is 0 Å². The van der Waals surface area contributed by atoms with Crippen LogP contribution in [0.1, 0.15) is 80.3 Å². The maximum atomic E-state index is 14.1. The maximum Gasteiger partial charge on any atom is 0.253 e. The van der Waals surface area contributed by atoms with E-state index in [1.165, 1.54) is 12.4 Å². The van der Waals surface area contributed by atoms with E-state index in [0.29, 0.717) is 24.8 Å². The smallest absolute Gasteiger partial charge is 0.253 e. The Kier molecular flexibility index (Phi) is 15.4. The van der Waals surface area contributed by atoms with Crippen molar-refractivity contribution in [1.82, 2.24) is 20.9 Å². The van der Waals surface area contributed by atoms with Crippen LogP contribution in [0.3, 0.4) is 0 Å². The van der Waals surface area contributed by atoms with Crippen molar-refractivity contribution in [2.75, 3.05) is 0 Å². The van der Waals surface area contributed by atoms with Crippen molar-refractivity contribution in [3.63, 3.8) is 0 Å². The molecule has 0 saturated heterocycles. The molecule has 4 atom stereocenters. The molecule has 1 unspecified atom stereocenters. The molecule has 1 heterocycles. The molecule has 3 amide bonds.